The van der Waals surface area contributed by atoms with Crippen molar-refractivity contribution in [1.29, 1.82) is 0 Å². The summed E-state index contributed by atoms with van der Waals surface area (Å²) in [6.45, 7) is 3.94. The third-order valence-electron chi connectivity index (χ3n) is 6.21. The number of hydrogen-bond donors (Lipinski definition) is 1. The van der Waals surface area contributed by atoms with Gasteiger partial charge < -0.3 is 10.2 Å². The highest BCUT2D eigenvalue weighted by atomic mass is 35.5. The Bertz CT molecular complexity index is 1340. The van der Waals surface area contributed by atoms with Gasteiger partial charge >= 0.3 is 0 Å². The maximum absolute atomic E-state index is 14.0. The second-order valence-electron chi connectivity index (χ2n) is 9.02. The third-order valence-corrected chi connectivity index (χ3v) is 8.50. The standard InChI is InChI=1S/C29H33Cl2N3O4S/c1-3-5-19-32-29(36)27(4-2)33(20-22-11-13-23(30)14-12-22)28(35)21-34(25-17-15-24(31)16-18-25)39(37,38)26-9-7-6-8-10-26/h6-18,27H,3-5,19-21H2,1-2H3,(H,32,36). The van der Waals surface area contributed by atoms with Crippen molar-refractivity contribution >= 4 is 50.7 Å². The zero-order valence-electron chi connectivity index (χ0n) is 22.0. The summed E-state index contributed by atoms with van der Waals surface area (Å²) >= 11 is 12.1. The molecule has 39 heavy (non-hydrogen) atoms. The van der Waals surface area contributed by atoms with E-state index in [1.807, 2.05) is 13.8 Å². The first-order chi connectivity index (χ1) is 18.7. The number of sulfonamides is 1. The lowest BCUT2D eigenvalue weighted by molar-refractivity contribution is -0.140. The normalized spacial score (nSPS) is 12.0. The van der Waals surface area contributed by atoms with Gasteiger partial charge in [0.1, 0.15) is 12.6 Å². The maximum atomic E-state index is 14.0. The Kier molecular flexibility index (Phi) is 11.2. The third kappa shape index (κ3) is 8.21. The van der Waals surface area contributed by atoms with Gasteiger partial charge in [0.05, 0.1) is 10.6 Å². The molecule has 1 N–H and O–H groups in total. The van der Waals surface area contributed by atoms with Crippen LogP contribution in [0, 0.1) is 0 Å². The largest absolute Gasteiger partial charge is 0.354 e. The molecule has 7 nitrogen and oxygen atoms in total. The van der Waals surface area contributed by atoms with Crippen LogP contribution in [0.2, 0.25) is 10.0 Å². The number of unbranched alkanes of at least 4 members (excludes halogenated alkanes) is 1. The van der Waals surface area contributed by atoms with Gasteiger partial charge in [0, 0.05) is 23.1 Å². The lowest BCUT2D eigenvalue weighted by atomic mass is 10.1. The summed E-state index contributed by atoms with van der Waals surface area (Å²) in [6.07, 6.45) is 2.08. The molecule has 0 aromatic heterocycles. The van der Waals surface area contributed by atoms with E-state index in [4.69, 9.17) is 23.2 Å². The van der Waals surface area contributed by atoms with Gasteiger partial charge in [-0.15, -0.1) is 0 Å². The quantitative estimate of drug-likeness (QED) is 0.251. The van der Waals surface area contributed by atoms with E-state index in [0.29, 0.717) is 23.0 Å². The van der Waals surface area contributed by atoms with Gasteiger partial charge in [0.15, 0.2) is 0 Å². The molecule has 208 valence electrons. The van der Waals surface area contributed by atoms with E-state index in [0.717, 1.165) is 22.7 Å². The molecule has 0 spiro atoms. The molecule has 10 heteroatoms. The van der Waals surface area contributed by atoms with Crippen molar-refractivity contribution in [2.24, 2.45) is 0 Å². The molecule has 0 aliphatic heterocycles. The lowest BCUT2D eigenvalue weighted by Gasteiger charge is -2.33. The van der Waals surface area contributed by atoms with E-state index >= 15 is 0 Å². The highest BCUT2D eigenvalue weighted by molar-refractivity contribution is 7.92. The van der Waals surface area contributed by atoms with E-state index in [2.05, 4.69) is 5.32 Å². The van der Waals surface area contributed by atoms with Gasteiger partial charge in [0.2, 0.25) is 11.8 Å². The Morgan fingerprint density at radius 3 is 2.03 bits per heavy atom. The smallest absolute Gasteiger partial charge is 0.264 e. The fourth-order valence-electron chi connectivity index (χ4n) is 4.07. The molecule has 0 aliphatic carbocycles. The summed E-state index contributed by atoms with van der Waals surface area (Å²) in [6, 6.07) is 20.3. The van der Waals surface area contributed by atoms with Gasteiger partial charge in [-0.3, -0.25) is 13.9 Å². The molecule has 0 saturated carbocycles. The van der Waals surface area contributed by atoms with E-state index in [1.165, 1.54) is 17.0 Å². The summed E-state index contributed by atoms with van der Waals surface area (Å²) < 4.78 is 28.5. The fraction of sp³-hybridized carbons (Fsp3) is 0.310. The molecule has 3 aromatic rings. The van der Waals surface area contributed by atoms with Crippen LogP contribution in [0.15, 0.2) is 83.8 Å². The van der Waals surface area contributed by atoms with E-state index in [-0.39, 0.29) is 23.0 Å². The van der Waals surface area contributed by atoms with Crippen LogP contribution in [0.5, 0.6) is 0 Å². The van der Waals surface area contributed by atoms with Crippen LogP contribution in [0.3, 0.4) is 0 Å². The second kappa shape index (κ2) is 14.4. The molecule has 3 aromatic carbocycles. The first kappa shape index (κ1) is 30.5. The molecule has 3 rings (SSSR count). The number of benzene rings is 3. The summed E-state index contributed by atoms with van der Waals surface area (Å²) in [5, 5.41) is 3.89. The van der Waals surface area contributed by atoms with Gasteiger partial charge in [-0.05, 0) is 66.9 Å². The van der Waals surface area contributed by atoms with Crippen molar-refractivity contribution in [3.05, 3.63) is 94.5 Å². The number of halogens is 2. The Labute approximate surface area is 240 Å². The Hall–Kier alpha value is -3.07. The molecule has 0 radical (unpaired) electrons. The Morgan fingerprint density at radius 2 is 1.46 bits per heavy atom. The molecule has 0 bridgehead atoms. The van der Waals surface area contributed by atoms with Crippen LogP contribution < -0.4 is 9.62 Å². The zero-order valence-corrected chi connectivity index (χ0v) is 24.3. The molecule has 0 saturated heterocycles. The van der Waals surface area contributed by atoms with Crippen LogP contribution in [0.1, 0.15) is 38.7 Å². The number of anilines is 1. The molecule has 0 fully saturated rings. The van der Waals surface area contributed by atoms with Crippen molar-refractivity contribution in [3.63, 3.8) is 0 Å². The molecule has 2 amide bonds. The van der Waals surface area contributed by atoms with Crippen LogP contribution in [-0.4, -0.2) is 44.3 Å². The van der Waals surface area contributed by atoms with Gasteiger partial charge in [-0.1, -0.05) is 73.8 Å². The zero-order chi connectivity index (χ0) is 28.4. The molecular weight excluding hydrogens is 557 g/mol. The van der Waals surface area contributed by atoms with Crippen LogP contribution in [0.4, 0.5) is 5.69 Å². The highest BCUT2D eigenvalue weighted by Gasteiger charge is 2.33. The summed E-state index contributed by atoms with van der Waals surface area (Å²) in [4.78, 5) is 28.6. The molecule has 0 heterocycles. The monoisotopic (exact) mass is 589 g/mol. The predicted molar refractivity (Wildman–Crippen MR) is 156 cm³/mol. The first-order valence-electron chi connectivity index (χ1n) is 12.8. The fourth-order valence-corrected chi connectivity index (χ4v) is 5.76. The lowest BCUT2D eigenvalue weighted by Crippen LogP contribution is -2.52. The van der Waals surface area contributed by atoms with Crippen molar-refractivity contribution in [2.45, 2.75) is 50.6 Å². The van der Waals surface area contributed by atoms with Crippen molar-refractivity contribution in [3.8, 4) is 0 Å². The van der Waals surface area contributed by atoms with Crippen LogP contribution >= 0.6 is 23.2 Å². The van der Waals surface area contributed by atoms with Gasteiger partial charge in [-0.2, -0.15) is 0 Å². The van der Waals surface area contributed by atoms with E-state index < -0.39 is 28.5 Å². The van der Waals surface area contributed by atoms with Crippen LogP contribution in [0.25, 0.3) is 0 Å². The summed E-state index contributed by atoms with van der Waals surface area (Å²) in [5.74, 6) is -0.797. The predicted octanol–water partition coefficient (Wildman–Crippen LogP) is 5.91. The van der Waals surface area contributed by atoms with E-state index in [1.54, 1.807) is 66.7 Å². The van der Waals surface area contributed by atoms with Gasteiger partial charge in [0.25, 0.3) is 10.0 Å². The van der Waals surface area contributed by atoms with Crippen LogP contribution in [-0.2, 0) is 26.2 Å². The number of carbonyl (C=O) groups is 2. The number of carbonyl (C=O) groups excluding carboxylic acids is 2. The summed E-state index contributed by atoms with van der Waals surface area (Å²) in [7, 11) is -4.12. The number of amides is 2. The van der Waals surface area contributed by atoms with Gasteiger partial charge in [-0.25, -0.2) is 8.42 Å². The van der Waals surface area contributed by atoms with E-state index in [9.17, 15) is 18.0 Å². The minimum Gasteiger partial charge on any atom is -0.354 e. The molecule has 1 unspecified atom stereocenters. The Balaban J connectivity index is 2.01. The molecule has 0 aliphatic rings. The van der Waals surface area contributed by atoms with Crippen molar-refractivity contribution in [2.75, 3.05) is 17.4 Å². The maximum Gasteiger partial charge on any atom is 0.264 e. The molecule has 1 atom stereocenters. The number of nitrogens with zero attached hydrogens (tertiary/aromatic N) is 2. The molecular formula is C29H33Cl2N3O4S. The minimum absolute atomic E-state index is 0.0429. The second-order valence-corrected chi connectivity index (χ2v) is 11.8. The topological polar surface area (TPSA) is 86.8 Å². The average Bonchev–Trinajstić information content (AvgIpc) is 2.93. The average molecular weight is 591 g/mol. The number of rotatable bonds is 13. The number of hydrogen-bond acceptors (Lipinski definition) is 4. The number of nitrogens with one attached hydrogen (secondary N) is 1. The minimum atomic E-state index is -4.12. The first-order valence-corrected chi connectivity index (χ1v) is 15.0. The SMILES string of the molecule is CCCCNC(=O)C(CC)N(Cc1ccc(Cl)cc1)C(=O)CN(c1ccc(Cl)cc1)S(=O)(=O)c1ccccc1. The summed E-state index contributed by atoms with van der Waals surface area (Å²) in [5.41, 5.74) is 1.04. The highest BCUT2D eigenvalue weighted by Crippen LogP contribution is 2.26. The Morgan fingerprint density at radius 1 is 0.872 bits per heavy atom. The van der Waals surface area contributed by atoms with Crippen molar-refractivity contribution in [1.82, 2.24) is 10.2 Å². The van der Waals surface area contributed by atoms with Crippen molar-refractivity contribution < 1.29 is 18.0 Å².